The number of aromatic nitrogens is 3. The highest BCUT2D eigenvalue weighted by molar-refractivity contribution is 5.74. The third-order valence-electron chi connectivity index (χ3n) is 2.83. The predicted octanol–water partition coefficient (Wildman–Crippen LogP) is 0.439. The molecule has 1 N–H and O–H groups in total. The van der Waals surface area contributed by atoms with Crippen molar-refractivity contribution in [3.63, 3.8) is 0 Å². The van der Waals surface area contributed by atoms with Crippen molar-refractivity contribution in [3.05, 3.63) is 37.0 Å². The number of nitrogens with one attached hydrogen (secondary N) is 1. The first-order chi connectivity index (χ1) is 8.51. The first-order valence-electron chi connectivity index (χ1n) is 5.52. The van der Waals surface area contributed by atoms with E-state index in [4.69, 9.17) is 0 Å². The van der Waals surface area contributed by atoms with Crippen LogP contribution in [0.2, 0.25) is 0 Å². The van der Waals surface area contributed by atoms with Crippen LogP contribution in [0.3, 0.4) is 0 Å². The number of hydrogen-bond acceptors (Lipinski definition) is 4. The number of nitro groups is 1. The number of fused-ring (bicyclic) bond motifs is 1. The molecule has 8 heteroatoms. The van der Waals surface area contributed by atoms with Gasteiger partial charge in [-0.25, -0.2) is 4.79 Å². The molecule has 2 heterocycles. The summed E-state index contributed by atoms with van der Waals surface area (Å²) in [6, 6.07) is 1.14. The first-order valence-corrected chi connectivity index (χ1v) is 5.52. The van der Waals surface area contributed by atoms with Crippen molar-refractivity contribution in [2.24, 2.45) is 0 Å². The summed E-state index contributed by atoms with van der Waals surface area (Å²) in [7, 11) is 0. The van der Waals surface area contributed by atoms with E-state index in [2.05, 4.69) is 4.98 Å². The average molecular weight is 252 g/mol. The summed E-state index contributed by atoms with van der Waals surface area (Å²) in [5.74, 6) is 0. The molecule has 0 radical (unpaired) electrons. The highest BCUT2D eigenvalue weighted by atomic mass is 16.6. The van der Waals surface area contributed by atoms with Crippen LogP contribution in [0.15, 0.2) is 15.7 Å². The average Bonchev–Trinajstić information content (AvgIpc) is 2.58. The monoisotopic (exact) mass is 252 g/mol. The van der Waals surface area contributed by atoms with Crippen molar-refractivity contribution in [1.82, 2.24) is 14.1 Å². The summed E-state index contributed by atoms with van der Waals surface area (Å²) >= 11 is 0. The van der Waals surface area contributed by atoms with E-state index in [0.717, 1.165) is 6.07 Å². The summed E-state index contributed by atoms with van der Waals surface area (Å²) in [4.78, 5) is 35.9. The number of H-pyrrole nitrogens is 1. The first kappa shape index (κ1) is 12.1. The van der Waals surface area contributed by atoms with E-state index in [9.17, 15) is 19.7 Å². The van der Waals surface area contributed by atoms with Crippen molar-refractivity contribution < 1.29 is 4.92 Å². The molecule has 0 saturated carbocycles. The molecule has 0 spiro atoms. The van der Waals surface area contributed by atoms with Crippen LogP contribution in [0.1, 0.15) is 13.8 Å². The van der Waals surface area contributed by atoms with Gasteiger partial charge in [0.1, 0.15) is 5.65 Å². The minimum absolute atomic E-state index is 0.286. The van der Waals surface area contributed by atoms with Gasteiger partial charge in [0.2, 0.25) is 0 Å². The maximum Gasteiger partial charge on any atom is 0.336 e. The van der Waals surface area contributed by atoms with Crippen LogP contribution >= 0.6 is 0 Å². The molecular weight excluding hydrogens is 240 g/mol. The Bertz CT molecular complexity index is 737. The second-order valence-corrected chi connectivity index (χ2v) is 3.75. The van der Waals surface area contributed by atoms with Gasteiger partial charge in [-0.05, 0) is 13.8 Å². The third kappa shape index (κ3) is 1.53. The molecule has 0 aliphatic rings. The van der Waals surface area contributed by atoms with E-state index in [-0.39, 0.29) is 5.69 Å². The molecule has 2 aromatic rings. The number of pyridine rings is 1. The van der Waals surface area contributed by atoms with E-state index in [0.29, 0.717) is 24.3 Å². The summed E-state index contributed by atoms with van der Waals surface area (Å²) in [5.41, 5.74) is -0.956. The highest BCUT2D eigenvalue weighted by Crippen LogP contribution is 2.14. The molecule has 0 fully saturated rings. The van der Waals surface area contributed by atoms with Gasteiger partial charge in [0, 0.05) is 19.2 Å². The van der Waals surface area contributed by atoms with E-state index >= 15 is 0 Å². The largest absolute Gasteiger partial charge is 0.336 e. The molecule has 2 rings (SSSR count). The number of aromatic amines is 1. The Morgan fingerprint density at radius 3 is 2.39 bits per heavy atom. The van der Waals surface area contributed by atoms with Gasteiger partial charge >= 0.3 is 16.9 Å². The third-order valence-corrected chi connectivity index (χ3v) is 2.83. The highest BCUT2D eigenvalue weighted by Gasteiger charge is 2.19. The SMILES string of the molecule is CCn1c(=O)n(CC)c2[nH]c(=O)c([N+](=O)[O-])cc21. The fourth-order valence-electron chi connectivity index (χ4n) is 1.99. The summed E-state index contributed by atoms with van der Waals surface area (Å²) in [6.45, 7) is 4.29. The number of aryl methyl sites for hydroxylation is 2. The summed E-state index contributed by atoms with van der Waals surface area (Å²) in [5, 5.41) is 10.7. The maximum absolute atomic E-state index is 12.0. The Morgan fingerprint density at radius 2 is 1.89 bits per heavy atom. The topological polar surface area (TPSA) is 103 Å². The molecule has 8 nitrogen and oxygen atoms in total. The van der Waals surface area contributed by atoms with Gasteiger partial charge in [-0.3, -0.25) is 24.0 Å². The van der Waals surface area contributed by atoms with Gasteiger partial charge in [0.15, 0.2) is 0 Å². The zero-order chi connectivity index (χ0) is 13.4. The van der Waals surface area contributed by atoms with Gasteiger partial charge in [-0.15, -0.1) is 0 Å². The molecule has 0 bridgehead atoms. The van der Waals surface area contributed by atoms with Gasteiger partial charge in [0.25, 0.3) is 0 Å². The Hall–Kier alpha value is -2.38. The molecule has 0 atom stereocenters. The Kier molecular flexibility index (Phi) is 2.77. The zero-order valence-corrected chi connectivity index (χ0v) is 9.97. The van der Waals surface area contributed by atoms with Crippen molar-refractivity contribution in [2.75, 3.05) is 0 Å². The summed E-state index contributed by atoms with van der Waals surface area (Å²) < 4.78 is 2.77. The lowest BCUT2D eigenvalue weighted by Crippen LogP contribution is -2.23. The molecule has 2 aromatic heterocycles. The number of hydrogen-bond donors (Lipinski definition) is 1. The molecule has 0 amide bonds. The molecule has 0 aliphatic carbocycles. The lowest BCUT2D eigenvalue weighted by Gasteiger charge is -1.97. The number of imidazole rings is 1. The zero-order valence-electron chi connectivity index (χ0n) is 9.97. The van der Waals surface area contributed by atoms with Crippen LogP contribution in [0.25, 0.3) is 11.2 Å². The van der Waals surface area contributed by atoms with Crippen LogP contribution < -0.4 is 11.2 Å². The molecular formula is C10H12N4O4. The van der Waals surface area contributed by atoms with Gasteiger partial charge in [-0.2, -0.15) is 0 Å². The van der Waals surface area contributed by atoms with Crippen LogP contribution in [0, 0.1) is 10.1 Å². The van der Waals surface area contributed by atoms with Gasteiger partial charge in [0.05, 0.1) is 10.4 Å². The van der Waals surface area contributed by atoms with E-state index in [1.807, 2.05) is 0 Å². The fraction of sp³-hybridized carbons (Fsp3) is 0.400. The lowest BCUT2D eigenvalue weighted by atomic mass is 10.3. The molecule has 0 saturated heterocycles. The maximum atomic E-state index is 12.0. The Balaban J connectivity index is 2.98. The van der Waals surface area contributed by atoms with Gasteiger partial charge < -0.3 is 4.98 Å². The molecule has 0 aliphatic heterocycles. The Morgan fingerprint density at radius 1 is 1.28 bits per heavy atom. The minimum atomic E-state index is -0.803. The predicted molar refractivity (Wildman–Crippen MR) is 64.8 cm³/mol. The van der Waals surface area contributed by atoms with E-state index < -0.39 is 16.2 Å². The second-order valence-electron chi connectivity index (χ2n) is 3.75. The van der Waals surface area contributed by atoms with Crippen LogP contribution in [-0.2, 0) is 13.1 Å². The van der Waals surface area contributed by atoms with E-state index in [1.165, 1.54) is 9.13 Å². The quantitative estimate of drug-likeness (QED) is 0.632. The van der Waals surface area contributed by atoms with Crippen LogP contribution in [0.5, 0.6) is 0 Å². The Labute approximate surface area is 101 Å². The lowest BCUT2D eigenvalue weighted by molar-refractivity contribution is -0.386. The minimum Gasteiger partial charge on any atom is -0.301 e. The molecule has 0 unspecified atom stereocenters. The molecule has 18 heavy (non-hydrogen) atoms. The van der Waals surface area contributed by atoms with Crippen molar-refractivity contribution in [1.29, 1.82) is 0 Å². The second kappa shape index (κ2) is 4.13. The number of rotatable bonds is 3. The number of nitrogens with zero attached hydrogens (tertiary/aromatic N) is 3. The van der Waals surface area contributed by atoms with Crippen LogP contribution in [-0.4, -0.2) is 19.0 Å². The van der Waals surface area contributed by atoms with Crippen LogP contribution in [0.4, 0.5) is 5.69 Å². The fourth-order valence-corrected chi connectivity index (χ4v) is 1.99. The normalized spacial score (nSPS) is 11.0. The smallest absolute Gasteiger partial charge is 0.301 e. The standard InChI is InChI=1S/C10H12N4O4/c1-3-12-6-5-7(14(17)18)9(15)11-8(6)13(4-2)10(12)16/h5H,3-4H2,1-2H3,(H,11,15). The van der Waals surface area contributed by atoms with Crippen molar-refractivity contribution >= 4 is 16.9 Å². The van der Waals surface area contributed by atoms with E-state index in [1.54, 1.807) is 13.8 Å². The van der Waals surface area contributed by atoms with Crippen molar-refractivity contribution in [3.8, 4) is 0 Å². The molecule has 96 valence electrons. The van der Waals surface area contributed by atoms with Crippen molar-refractivity contribution in [2.45, 2.75) is 26.9 Å². The molecule has 0 aromatic carbocycles. The summed E-state index contributed by atoms with van der Waals surface area (Å²) in [6.07, 6.45) is 0. The van der Waals surface area contributed by atoms with Gasteiger partial charge in [-0.1, -0.05) is 0 Å².